The minimum atomic E-state index is -1.51. The number of hydrogen-bond acceptors (Lipinski definition) is 10. The van der Waals surface area contributed by atoms with Crippen molar-refractivity contribution in [2.24, 2.45) is 5.73 Å². The summed E-state index contributed by atoms with van der Waals surface area (Å²) in [6, 6.07) is 9.30. The summed E-state index contributed by atoms with van der Waals surface area (Å²) in [5.74, 6) is -3.42. The van der Waals surface area contributed by atoms with Crippen LogP contribution in [0.3, 0.4) is 0 Å². The van der Waals surface area contributed by atoms with Crippen molar-refractivity contribution >= 4 is 35.4 Å². The predicted octanol–water partition coefficient (Wildman–Crippen LogP) is -1.79. The fraction of sp³-hybridized carbons (Fsp3) is 0.432. The molecule has 4 heterocycles. The zero-order chi connectivity index (χ0) is 38.8. The molecule has 0 aliphatic carbocycles. The summed E-state index contributed by atoms with van der Waals surface area (Å²) in [4.78, 5) is 89.2. The minimum absolute atomic E-state index is 0.0652. The maximum atomic E-state index is 14.5. The van der Waals surface area contributed by atoms with Gasteiger partial charge in [-0.15, -0.1) is 0 Å². The van der Waals surface area contributed by atoms with Crippen LogP contribution >= 0.6 is 0 Å². The molecule has 1 saturated heterocycles. The van der Waals surface area contributed by atoms with Crippen LogP contribution < -0.4 is 37.1 Å². The summed E-state index contributed by atoms with van der Waals surface area (Å²) < 4.78 is 5.72. The Morgan fingerprint density at radius 2 is 1.76 bits per heavy atom. The van der Waals surface area contributed by atoms with Gasteiger partial charge in [0.05, 0.1) is 18.5 Å². The van der Waals surface area contributed by atoms with Crippen LogP contribution in [0, 0.1) is 0 Å². The number of ether oxygens (including phenoxy) is 1. The molecule has 6 rings (SSSR count). The number of aliphatic hydroxyl groups is 1. The molecule has 2 bridgehead atoms. The number of H-pyrrole nitrogens is 1. The number of rotatable bonds is 7. The minimum Gasteiger partial charge on any atom is -0.484 e. The van der Waals surface area contributed by atoms with Gasteiger partial charge in [0.1, 0.15) is 29.9 Å². The van der Waals surface area contributed by atoms with Crippen LogP contribution in [0.25, 0.3) is 0 Å². The SMILES string of the molecule is C[C@@H]1NC(=O)[C@H]([C@@H](C)O)NC(=O)[C@@H]2C[C@H](NC(=O)[C@@H](N)Cc3cnc[nH]3)CN2C(=O)[C@H](Cc2ccccc2)NC(=O)COc2ccc(cc2)CCNC1=O. The molecular formula is C37H47N9O8. The van der Waals surface area contributed by atoms with Gasteiger partial charge < -0.3 is 52.0 Å². The van der Waals surface area contributed by atoms with E-state index in [1.54, 1.807) is 54.7 Å². The van der Waals surface area contributed by atoms with Crippen molar-refractivity contribution in [2.75, 3.05) is 19.7 Å². The smallest absolute Gasteiger partial charge is 0.258 e. The van der Waals surface area contributed by atoms with Crippen molar-refractivity contribution in [3.8, 4) is 5.75 Å². The van der Waals surface area contributed by atoms with Crippen molar-refractivity contribution in [3.05, 3.63) is 83.9 Å². The molecule has 0 saturated carbocycles. The molecule has 0 radical (unpaired) electrons. The Labute approximate surface area is 312 Å². The summed E-state index contributed by atoms with van der Waals surface area (Å²) in [5.41, 5.74) is 8.42. The second-order valence-corrected chi connectivity index (χ2v) is 13.6. The Morgan fingerprint density at radius 3 is 2.44 bits per heavy atom. The number of aromatic amines is 1. The van der Waals surface area contributed by atoms with Crippen molar-refractivity contribution in [1.29, 1.82) is 0 Å². The molecule has 0 spiro atoms. The number of imidazole rings is 1. The maximum Gasteiger partial charge on any atom is 0.258 e. The van der Waals surface area contributed by atoms with Crippen LogP contribution in [-0.2, 0) is 48.0 Å². The van der Waals surface area contributed by atoms with Crippen LogP contribution in [0.5, 0.6) is 5.75 Å². The number of benzene rings is 2. The zero-order valence-corrected chi connectivity index (χ0v) is 30.1. The van der Waals surface area contributed by atoms with Crippen molar-refractivity contribution < 1.29 is 38.6 Å². The average Bonchev–Trinajstić information content (AvgIpc) is 3.83. The Hall–Kier alpha value is -5.81. The second-order valence-electron chi connectivity index (χ2n) is 13.6. The normalized spacial score (nSPS) is 24.3. The summed E-state index contributed by atoms with van der Waals surface area (Å²) in [5, 5.41) is 24.0. The first kappa shape index (κ1) is 39.4. The Balaban J connectivity index is 1.44. The first-order chi connectivity index (χ1) is 25.9. The molecule has 17 nitrogen and oxygen atoms in total. The molecular weight excluding hydrogens is 698 g/mol. The third-order valence-corrected chi connectivity index (χ3v) is 9.30. The number of amides is 6. The quantitative estimate of drug-likeness (QED) is 0.126. The van der Waals surface area contributed by atoms with Gasteiger partial charge in [-0.3, -0.25) is 28.8 Å². The Morgan fingerprint density at radius 1 is 1.02 bits per heavy atom. The van der Waals surface area contributed by atoms with Crippen LogP contribution in [0.2, 0.25) is 0 Å². The lowest BCUT2D eigenvalue weighted by molar-refractivity contribution is -0.143. The molecule has 1 fully saturated rings. The van der Waals surface area contributed by atoms with Gasteiger partial charge in [0.25, 0.3) is 5.91 Å². The summed E-state index contributed by atoms with van der Waals surface area (Å²) in [6.45, 7) is 2.50. The van der Waals surface area contributed by atoms with Crippen molar-refractivity contribution in [1.82, 2.24) is 41.5 Å². The van der Waals surface area contributed by atoms with E-state index in [9.17, 15) is 33.9 Å². The van der Waals surface area contributed by atoms with Crippen LogP contribution in [0.4, 0.5) is 0 Å². The van der Waals surface area contributed by atoms with E-state index in [2.05, 4.69) is 36.6 Å². The van der Waals surface area contributed by atoms with E-state index in [0.29, 0.717) is 17.9 Å². The first-order valence-corrected chi connectivity index (χ1v) is 17.8. The lowest BCUT2D eigenvalue weighted by Crippen LogP contribution is -2.60. The third-order valence-electron chi connectivity index (χ3n) is 9.30. The highest BCUT2D eigenvalue weighted by Gasteiger charge is 2.44. The summed E-state index contributed by atoms with van der Waals surface area (Å²) in [7, 11) is 0. The fourth-order valence-electron chi connectivity index (χ4n) is 6.36. The maximum absolute atomic E-state index is 14.5. The molecule has 9 N–H and O–H groups in total. The third kappa shape index (κ3) is 10.6. The van der Waals surface area contributed by atoms with Gasteiger partial charge in [-0.25, -0.2) is 4.98 Å². The molecule has 3 aromatic rings. The average molecular weight is 746 g/mol. The van der Waals surface area contributed by atoms with Crippen LogP contribution in [-0.4, -0.2) is 117 Å². The second kappa shape index (κ2) is 18.3. The monoisotopic (exact) mass is 745 g/mol. The van der Waals surface area contributed by atoms with E-state index in [0.717, 1.165) is 11.1 Å². The van der Waals surface area contributed by atoms with E-state index < -0.39 is 84.4 Å². The Kier molecular flexibility index (Phi) is 13.3. The number of nitrogens with one attached hydrogen (secondary N) is 6. The van der Waals surface area contributed by atoms with Crippen molar-refractivity contribution in [2.45, 2.75) is 81.9 Å². The van der Waals surface area contributed by atoms with Gasteiger partial charge >= 0.3 is 0 Å². The molecule has 7 atom stereocenters. The van der Waals surface area contributed by atoms with Gasteiger partial charge in [0, 0.05) is 43.9 Å². The van der Waals surface area contributed by atoms with E-state index in [4.69, 9.17) is 10.5 Å². The summed E-state index contributed by atoms with van der Waals surface area (Å²) >= 11 is 0. The standard InChI is InChI=1S/C37H47N9O8/c1-21-33(49)40-13-12-23-8-10-27(11-9-23)54-19-31(48)44-29(14-24-6-4-3-5-7-24)37(53)46-18-26(43-34(50)28(38)15-25-17-39-20-41-25)16-30(46)35(51)45-32(22(2)47)36(52)42-21/h3-11,17,20-22,26,28-30,32,47H,12-16,18-19,38H2,1-2H3,(H,39,41)(H,40,49)(H,42,52)(H,43,50)(H,44,48)(H,45,51)/t21-,22+,26-,28-,29-,30-,32-/m0/s1. The Bertz CT molecular complexity index is 1770. The van der Waals surface area contributed by atoms with E-state index in [1.807, 2.05) is 6.07 Å². The lowest BCUT2D eigenvalue weighted by Gasteiger charge is -2.30. The number of aromatic nitrogens is 2. The van der Waals surface area contributed by atoms with Gasteiger partial charge in [0.15, 0.2) is 6.61 Å². The number of carbonyl (C=O) groups excluding carboxylic acids is 6. The lowest BCUT2D eigenvalue weighted by atomic mass is 10.0. The number of nitrogens with two attached hydrogens (primary N) is 1. The topological polar surface area (TPSA) is 250 Å². The van der Waals surface area contributed by atoms with Gasteiger partial charge in [0.2, 0.25) is 29.5 Å². The number of nitrogens with zero attached hydrogens (tertiary/aromatic N) is 2. The van der Waals surface area contributed by atoms with Crippen LogP contribution in [0.15, 0.2) is 67.1 Å². The van der Waals surface area contributed by atoms with Crippen LogP contribution in [0.1, 0.15) is 37.1 Å². The molecule has 6 amide bonds. The van der Waals surface area contributed by atoms with Gasteiger partial charge in [-0.2, -0.15) is 0 Å². The number of carbonyl (C=O) groups is 6. The first-order valence-electron chi connectivity index (χ1n) is 17.8. The summed E-state index contributed by atoms with van der Waals surface area (Å²) in [6.07, 6.45) is 2.23. The van der Waals surface area contributed by atoms with E-state index in [-0.39, 0.29) is 32.4 Å². The molecule has 17 heteroatoms. The molecule has 1 aromatic heterocycles. The molecule has 288 valence electrons. The number of aliphatic hydroxyl groups excluding tert-OH is 1. The highest BCUT2D eigenvalue weighted by Crippen LogP contribution is 2.22. The molecule has 3 aliphatic heterocycles. The molecule has 54 heavy (non-hydrogen) atoms. The highest BCUT2D eigenvalue weighted by atomic mass is 16.5. The van der Waals surface area contributed by atoms with Gasteiger partial charge in [-0.1, -0.05) is 42.5 Å². The van der Waals surface area contributed by atoms with Gasteiger partial charge in [-0.05, 0) is 49.9 Å². The predicted molar refractivity (Wildman–Crippen MR) is 194 cm³/mol. The molecule has 2 aromatic carbocycles. The number of fused-ring (bicyclic) bond motifs is 16. The zero-order valence-electron chi connectivity index (χ0n) is 30.1. The van der Waals surface area contributed by atoms with E-state index in [1.165, 1.54) is 25.1 Å². The molecule has 3 aliphatic rings. The number of hydrogen-bond donors (Lipinski definition) is 8. The highest BCUT2D eigenvalue weighted by molar-refractivity contribution is 5.96. The molecule has 0 unspecified atom stereocenters. The van der Waals surface area contributed by atoms with E-state index >= 15 is 0 Å². The van der Waals surface area contributed by atoms with Crippen molar-refractivity contribution in [3.63, 3.8) is 0 Å². The largest absolute Gasteiger partial charge is 0.484 e. The fourth-order valence-corrected chi connectivity index (χ4v) is 6.36.